The normalized spacial score (nSPS) is 36.2. The van der Waals surface area contributed by atoms with Gasteiger partial charge in [0.25, 0.3) is 0 Å². The Morgan fingerprint density at radius 3 is 2.46 bits per heavy atom. The predicted octanol–water partition coefficient (Wildman–Crippen LogP) is 7.93. The number of carboxylic acid groups (broad SMARTS) is 1. The van der Waals surface area contributed by atoms with E-state index in [0.717, 1.165) is 63.5 Å². The Morgan fingerprint density at radius 1 is 0.951 bits per heavy atom. The monoisotopic (exact) mass is 564 g/mol. The van der Waals surface area contributed by atoms with Gasteiger partial charge in [0.1, 0.15) is 5.75 Å². The van der Waals surface area contributed by atoms with Gasteiger partial charge in [0.2, 0.25) is 0 Å². The van der Waals surface area contributed by atoms with Gasteiger partial charge in [-0.2, -0.15) is 0 Å². The summed E-state index contributed by atoms with van der Waals surface area (Å²) in [5.74, 6) is 2.95. The van der Waals surface area contributed by atoms with E-state index in [1.807, 2.05) is 6.08 Å². The summed E-state index contributed by atoms with van der Waals surface area (Å²) in [7, 11) is 0. The quantitative estimate of drug-likeness (QED) is 0.252. The van der Waals surface area contributed by atoms with Gasteiger partial charge in [-0.05, 0) is 142 Å². The number of aliphatic hydroxyl groups is 1. The summed E-state index contributed by atoms with van der Waals surface area (Å²) in [6, 6.07) is 8.46. The molecule has 3 fully saturated rings. The third-order valence-electron chi connectivity index (χ3n) is 12.2. The van der Waals surface area contributed by atoms with Crippen molar-refractivity contribution in [2.75, 3.05) is 6.61 Å². The van der Waals surface area contributed by atoms with Crippen LogP contribution in [0.25, 0.3) is 0 Å². The standard InChI is InChI=1S/C36H52O5/c1-34-19-16-28(37)24-27(34)23-26(33-30(34)17-20-35(2)31(33)18-21-36(35,3)40)10-7-6-9-25-12-14-29(15-13-25)41-22-8-4-5-11-32(38)39/h12-15,24,26,30-31,33,40H,4-11,16-23H2,1-3H3,(H,38,39)/t26-,30+,31+,33-,34+,35+,36+/m1/s1. The highest BCUT2D eigenvalue weighted by Gasteiger charge is 2.64. The highest BCUT2D eigenvalue weighted by atomic mass is 16.5. The SMILES string of the molecule is C[C@]12CCC(=O)C=C1C[C@@H](CCCCc1ccc(OCCCCCC(=O)O)cc1)[C@@H]1[C@@H]2CC[C@@]2(C)[C@H]1CC[C@]2(C)O. The Morgan fingerprint density at radius 2 is 1.71 bits per heavy atom. The van der Waals surface area contributed by atoms with Gasteiger partial charge >= 0.3 is 5.97 Å². The van der Waals surface area contributed by atoms with Crippen molar-refractivity contribution < 1.29 is 24.5 Å². The van der Waals surface area contributed by atoms with Crippen LogP contribution in [0.3, 0.4) is 0 Å². The molecule has 2 N–H and O–H groups in total. The smallest absolute Gasteiger partial charge is 0.303 e. The number of benzene rings is 1. The van der Waals surface area contributed by atoms with E-state index in [2.05, 4.69) is 45.0 Å². The van der Waals surface area contributed by atoms with Crippen LogP contribution in [0.15, 0.2) is 35.9 Å². The lowest BCUT2D eigenvalue weighted by atomic mass is 9.44. The summed E-state index contributed by atoms with van der Waals surface area (Å²) < 4.78 is 5.84. The number of allylic oxidation sites excluding steroid dienone is 1. The van der Waals surface area contributed by atoms with Crippen LogP contribution >= 0.6 is 0 Å². The van der Waals surface area contributed by atoms with E-state index in [-0.39, 0.29) is 17.3 Å². The predicted molar refractivity (Wildman–Crippen MR) is 162 cm³/mol. The molecule has 0 radical (unpaired) electrons. The maximum absolute atomic E-state index is 12.5. The molecule has 0 spiro atoms. The second-order valence-electron chi connectivity index (χ2n) is 14.5. The van der Waals surface area contributed by atoms with Crippen molar-refractivity contribution in [2.45, 2.75) is 123 Å². The fraction of sp³-hybridized carbons (Fsp3) is 0.722. The lowest BCUT2D eigenvalue weighted by Crippen LogP contribution is -2.56. The maximum Gasteiger partial charge on any atom is 0.303 e. The largest absolute Gasteiger partial charge is 0.494 e. The molecule has 4 aliphatic carbocycles. The van der Waals surface area contributed by atoms with E-state index in [4.69, 9.17) is 9.84 Å². The third kappa shape index (κ3) is 6.17. The van der Waals surface area contributed by atoms with Crippen molar-refractivity contribution in [1.29, 1.82) is 0 Å². The molecule has 5 heteroatoms. The summed E-state index contributed by atoms with van der Waals surface area (Å²) in [6.45, 7) is 7.56. The van der Waals surface area contributed by atoms with E-state index in [1.165, 1.54) is 30.4 Å². The molecule has 0 aromatic heterocycles. The molecule has 226 valence electrons. The summed E-state index contributed by atoms with van der Waals surface area (Å²) in [5.41, 5.74) is 2.38. The molecule has 3 saturated carbocycles. The van der Waals surface area contributed by atoms with E-state index in [0.29, 0.717) is 48.9 Å². The minimum atomic E-state index is -0.731. The molecule has 0 aliphatic heterocycles. The van der Waals surface area contributed by atoms with Crippen molar-refractivity contribution in [2.24, 2.45) is 34.5 Å². The first kappa shape index (κ1) is 30.3. The highest BCUT2D eigenvalue weighted by molar-refractivity contribution is 5.91. The molecular formula is C36H52O5. The first-order valence-corrected chi connectivity index (χ1v) is 16.4. The molecular weight excluding hydrogens is 512 g/mol. The number of hydrogen-bond acceptors (Lipinski definition) is 4. The topological polar surface area (TPSA) is 83.8 Å². The summed E-state index contributed by atoms with van der Waals surface area (Å²) in [5, 5.41) is 20.2. The number of carbonyl (C=O) groups excluding carboxylic acids is 1. The molecule has 4 aliphatic rings. The Balaban J connectivity index is 1.17. The van der Waals surface area contributed by atoms with Crippen molar-refractivity contribution in [3.05, 3.63) is 41.5 Å². The Bertz CT molecular complexity index is 1120. The zero-order valence-electron chi connectivity index (χ0n) is 25.6. The number of fused-ring (bicyclic) bond motifs is 5. The van der Waals surface area contributed by atoms with Gasteiger partial charge in [-0.25, -0.2) is 0 Å². The van der Waals surface area contributed by atoms with Crippen molar-refractivity contribution in [3.63, 3.8) is 0 Å². The van der Waals surface area contributed by atoms with Crippen LogP contribution in [-0.2, 0) is 16.0 Å². The lowest BCUT2D eigenvalue weighted by molar-refractivity contribution is -0.137. The number of hydrogen-bond donors (Lipinski definition) is 2. The number of aliphatic carboxylic acids is 1. The van der Waals surface area contributed by atoms with Crippen LogP contribution < -0.4 is 4.74 Å². The molecule has 0 bridgehead atoms. The van der Waals surface area contributed by atoms with Gasteiger partial charge in [-0.3, -0.25) is 9.59 Å². The van der Waals surface area contributed by atoms with Crippen LogP contribution in [0.5, 0.6) is 5.75 Å². The molecule has 0 amide bonds. The Hall–Kier alpha value is -2.14. The van der Waals surface area contributed by atoms with Gasteiger partial charge in [-0.1, -0.05) is 38.0 Å². The van der Waals surface area contributed by atoms with E-state index >= 15 is 0 Å². The van der Waals surface area contributed by atoms with Crippen LogP contribution in [0.4, 0.5) is 0 Å². The van der Waals surface area contributed by atoms with Crippen LogP contribution in [0.1, 0.15) is 116 Å². The van der Waals surface area contributed by atoms with Crippen LogP contribution in [-0.4, -0.2) is 34.2 Å². The molecule has 1 aromatic rings. The molecule has 1 aromatic carbocycles. The van der Waals surface area contributed by atoms with E-state index < -0.39 is 11.6 Å². The summed E-state index contributed by atoms with van der Waals surface area (Å²) in [4.78, 5) is 23.1. The van der Waals surface area contributed by atoms with Crippen LogP contribution in [0.2, 0.25) is 0 Å². The van der Waals surface area contributed by atoms with E-state index in [1.54, 1.807) is 0 Å². The van der Waals surface area contributed by atoms with Crippen LogP contribution in [0, 0.1) is 34.5 Å². The first-order valence-electron chi connectivity index (χ1n) is 16.4. The number of aryl methyl sites for hydroxylation is 1. The summed E-state index contributed by atoms with van der Waals surface area (Å²) in [6.07, 6.45) is 16.5. The van der Waals surface area contributed by atoms with Crippen molar-refractivity contribution >= 4 is 11.8 Å². The van der Waals surface area contributed by atoms with Crippen molar-refractivity contribution in [1.82, 2.24) is 0 Å². The summed E-state index contributed by atoms with van der Waals surface area (Å²) >= 11 is 0. The first-order chi connectivity index (χ1) is 19.5. The molecule has 5 rings (SSSR count). The second kappa shape index (κ2) is 12.2. The number of carboxylic acids is 1. The highest BCUT2D eigenvalue weighted by Crippen LogP contribution is 2.69. The Kier molecular flexibility index (Phi) is 9.04. The fourth-order valence-corrected chi connectivity index (χ4v) is 9.48. The third-order valence-corrected chi connectivity index (χ3v) is 12.2. The molecule has 0 saturated heterocycles. The van der Waals surface area contributed by atoms with Gasteiger partial charge in [-0.15, -0.1) is 0 Å². The zero-order chi connectivity index (χ0) is 29.3. The van der Waals surface area contributed by atoms with E-state index in [9.17, 15) is 14.7 Å². The lowest BCUT2D eigenvalue weighted by Gasteiger charge is -2.61. The molecule has 0 heterocycles. The van der Waals surface area contributed by atoms with Gasteiger partial charge in [0.15, 0.2) is 5.78 Å². The van der Waals surface area contributed by atoms with Gasteiger partial charge in [0.05, 0.1) is 12.2 Å². The van der Waals surface area contributed by atoms with Gasteiger partial charge < -0.3 is 14.9 Å². The molecule has 7 atom stereocenters. The number of unbranched alkanes of at least 4 members (excludes halogenated alkanes) is 3. The second-order valence-corrected chi connectivity index (χ2v) is 14.5. The molecule has 0 unspecified atom stereocenters. The minimum Gasteiger partial charge on any atom is -0.494 e. The Labute approximate surface area is 247 Å². The fourth-order valence-electron chi connectivity index (χ4n) is 9.48. The average Bonchev–Trinajstić information content (AvgIpc) is 3.18. The maximum atomic E-state index is 12.5. The molecule has 41 heavy (non-hydrogen) atoms. The number of ether oxygens (including phenoxy) is 1. The zero-order valence-corrected chi connectivity index (χ0v) is 25.6. The minimum absolute atomic E-state index is 0.0107. The number of ketones is 1. The average molecular weight is 565 g/mol. The van der Waals surface area contributed by atoms with Crippen molar-refractivity contribution in [3.8, 4) is 5.75 Å². The van der Waals surface area contributed by atoms with Gasteiger partial charge in [0, 0.05) is 12.8 Å². The number of rotatable bonds is 12. The number of carbonyl (C=O) groups is 2. The molecule has 5 nitrogen and oxygen atoms in total.